The fourth-order valence-corrected chi connectivity index (χ4v) is 5.91. The molecule has 2 atom stereocenters. The van der Waals surface area contributed by atoms with Gasteiger partial charge in [-0.2, -0.15) is 13.2 Å². The van der Waals surface area contributed by atoms with E-state index in [2.05, 4.69) is 10.3 Å². The predicted molar refractivity (Wildman–Crippen MR) is 145 cm³/mol. The minimum absolute atomic E-state index is 0.0196. The third kappa shape index (κ3) is 6.02. The number of pyridine rings is 1. The molecule has 0 aliphatic carbocycles. The third-order valence-electron chi connectivity index (χ3n) is 6.78. The molecular formula is C28H30F3N3O6S. The van der Waals surface area contributed by atoms with Crippen molar-refractivity contribution in [3.8, 4) is 0 Å². The van der Waals surface area contributed by atoms with Gasteiger partial charge in [0.2, 0.25) is 0 Å². The number of methoxy groups -OCH3 is 2. The Morgan fingerprint density at radius 1 is 1.05 bits per heavy atom. The Hall–Kier alpha value is -3.68. The summed E-state index contributed by atoms with van der Waals surface area (Å²) in [4.78, 5) is 16.2. The van der Waals surface area contributed by atoms with Gasteiger partial charge in [-0.05, 0) is 46.9 Å². The summed E-state index contributed by atoms with van der Waals surface area (Å²) in [7, 11) is -1.99. The smallest absolute Gasteiger partial charge is 0.433 e. The molecule has 2 aromatic carbocycles. The SMILES string of the molecule is COC(=O)C(c1ccc2c(c1)N(S(=O)(=O)c1ccc(C(C)(C)C)cc1)Cc1ccc(C(F)(F)F)nc1N2)C(O)OC. The second-order valence-electron chi connectivity index (χ2n) is 10.5. The monoisotopic (exact) mass is 593 g/mol. The summed E-state index contributed by atoms with van der Waals surface area (Å²) in [6.45, 7) is 5.59. The number of carbonyl (C=O) groups is 1. The number of fused-ring (bicyclic) bond motifs is 2. The van der Waals surface area contributed by atoms with Gasteiger partial charge in [0, 0.05) is 12.7 Å². The van der Waals surface area contributed by atoms with Crippen molar-refractivity contribution in [3.63, 3.8) is 0 Å². The van der Waals surface area contributed by atoms with Crippen molar-refractivity contribution < 1.29 is 41.0 Å². The van der Waals surface area contributed by atoms with Gasteiger partial charge in [-0.1, -0.05) is 45.0 Å². The average Bonchev–Trinajstić information content (AvgIpc) is 3.08. The first kappa shape index (κ1) is 30.3. The summed E-state index contributed by atoms with van der Waals surface area (Å²) in [5, 5.41) is 13.2. The van der Waals surface area contributed by atoms with Crippen LogP contribution < -0.4 is 9.62 Å². The number of nitrogens with one attached hydrogen (secondary N) is 1. The Bertz CT molecular complexity index is 1550. The standard InChI is InChI=1S/C28H30F3N3O6S/c1-27(2,3)18-8-10-19(11-9-18)41(37,38)34-15-17-7-13-22(28(29,30)31)33-24(17)32-20-12-6-16(14-21(20)34)23(25(35)39-4)26(36)40-5/h6-14,23,25,35H,15H2,1-5H3,(H,32,33). The highest BCUT2D eigenvalue weighted by Gasteiger charge is 2.37. The number of esters is 1. The van der Waals surface area contributed by atoms with Crippen molar-refractivity contribution in [2.75, 3.05) is 23.8 Å². The van der Waals surface area contributed by atoms with Crippen molar-refractivity contribution in [1.82, 2.24) is 4.98 Å². The van der Waals surface area contributed by atoms with Crippen LogP contribution in [0.5, 0.6) is 0 Å². The van der Waals surface area contributed by atoms with Crippen LogP contribution in [-0.2, 0) is 42.4 Å². The van der Waals surface area contributed by atoms with E-state index in [-0.39, 0.29) is 45.2 Å². The van der Waals surface area contributed by atoms with Crippen molar-refractivity contribution in [1.29, 1.82) is 0 Å². The fourth-order valence-electron chi connectivity index (χ4n) is 4.45. The van der Waals surface area contributed by atoms with E-state index < -0.39 is 40.1 Å². The maximum Gasteiger partial charge on any atom is 0.433 e. The number of aliphatic hydroxyl groups is 1. The Morgan fingerprint density at radius 3 is 2.27 bits per heavy atom. The van der Waals surface area contributed by atoms with Crippen molar-refractivity contribution in [2.24, 2.45) is 0 Å². The maximum atomic E-state index is 14.1. The van der Waals surface area contributed by atoms with Crippen LogP contribution in [0, 0.1) is 0 Å². The molecule has 13 heteroatoms. The summed E-state index contributed by atoms with van der Waals surface area (Å²) in [5.41, 5.74) is 0.000553. The van der Waals surface area contributed by atoms with Crippen LogP contribution in [0.15, 0.2) is 59.5 Å². The first-order valence-electron chi connectivity index (χ1n) is 12.5. The summed E-state index contributed by atoms with van der Waals surface area (Å²) in [6.07, 6.45) is -6.34. The number of sulfonamides is 1. The molecule has 2 heterocycles. The van der Waals surface area contributed by atoms with E-state index in [9.17, 15) is 31.5 Å². The molecule has 2 unspecified atom stereocenters. The highest BCUT2D eigenvalue weighted by Crippen LogP contribution is 2.41. The van der Waals surface area contributed by atoms with E-state index in [4.69, 9.17) is 9.47 Å². The minimum atomic E-state index is -4.72. The molecule has 1 aliphatic heterocycles. The molecule has 0 fully saturated rings. The lowest BCUT2D eigenvalue weighted by Crippen LogP contribution is -2.31. The number of carbonyl (C=O) groups excluding carboxylic acids is 1. The van der Waals surface area contributed by atoms with Crippen LogP contribution in [0.3, 0.4) is 0 Å². The number of rotatable bonds is 6. The van der Waals surface area contributed by atoms with E-state index >= 15 is 0 Å². The number of hydrogen-bond donors (Lipinski definition) is 2. The lowest BCUT2D eigenvalue weighted by atomic mass is 9.87. The van der Waals surface area contributed by atoms with Crippen molar-refractivity contribution >= 4 is 33.2 Å². The van der Waals surface area contributed by atoms with Crippen molar-refractivity contribution in [2.45, 2.75) is 56.0 Å². The van der Waals surface area contributed by atoms with E-state index in [0.29, 0.717) is 0 Å². The fraction of sp³-hybridized carbons (Fsp3) is 0.357. The van der Waals surface area contributed by atoms with Crippen LogP contribution in [0.4, 0.5) is 30.4 Å². The quantitative estimate of drug-likeness (QED) is 0.301. The second kappa shape index (κ2) is 11.0. The van der Waals surface area contributed by atoms with Gasteiger partial charge in [-0.25, -0.2) is 13.4 Å². The maximum absolute atomic E-state index is 14.1. The molecule has 1 aliphatic rings. The van der Waals surface area contributed by atoms with Gasteiger partial charge in [0.15, 0.2) is 6.29 Å². The number of ether oxygens (including phenoxy) is 2. The van der Waals surface area contributed by atoms with E-state index in [1.165, 1.54) is 43.5 Å². The second-order valence-corrected chi connectivity index (χ2v) is 12.4. The Kier molecular flexibility index (Phi) is 8.09. The third-order valence-corrected chi connectivity index (χ3v) is 8.55. The Morgan fingerprint density at radius 2 is 1.71 bits per heavy atom. The molecule has 220 valence electrons. The number of nitrogens with zero attached hydrogens (tertiary/aromatic N) is 2. The van der Waals surface area contributed by atoms with Crippen LogP contribution in [-0.4, -0.2) is 45.0 Å². The summed E-state index contributed by atoms with van der Waals surface area (Å²) in [6, 6.07) is 12.5. The molecule has 0 saturated carbocycles. The van der Waals surface area contributed by atoms with E-state index in [1.807, 2.05) is 20.8 Å². The molecule has 41 heavy (non-hydrogen) atoms. The van der Waals surface area contributed by atoms with Gasteiger partial charge < -0.3 is 19.9 Å². The zero-order chi connectivity index (χ0) is 30.3. The molecular weight excluding hydrogens is 563 g/mol. The number of benzene rings is 2. The van der Waals surface area contributed by atoms with E-state index in [1.54, 1.807) is 12.1 Å². The van der Waals surface area contributed by atoms with Gasteiger partial charge in [0.05, 0.1) is 29.9 Å². The van der Waals surface area contributed by atoms with Gasteiger partial charge in [0.1, 0.15) is 17.4 Å². The number of aromatic nitrogens is 1. The van der Waals surface area contributed by atoms with Gasteiger partial charge >= 0.3 is 12.1 Å². The molecule has 0 amide bonds. The first-order chi connectivity index (χ1) is 19.1. The Balaban J connectivity index is 1.92. The topological polar surface area (TPSA) is 118 Å². The van der Waals surface area contributed by atoms with Gasteiger partial charge in [-0.15, -0.1) is 0 Å². The number of alkyl halides is 3. The van der Waals surface area contributed by atoms with Crippen molar-refractivity contribution in [3.05, 3.63) is 77.0 Å². The van der Waals surface area contributed by atoms with Crippen LogP contribution in [0.25, 0.3) is 0 Å². The number of aliphatic hydroxyl groups excluding tert-OH is 1. The lowest BCUT2D eigenvalue weighted by Gasteiger charge is -2.27. The molecule has 0 radical (unpaired) electrons. The van der Waals surface area contributed by atoms with Crippen LogP contribution >= 0.6 is 0 Å². The molecule has 0 spiro atoms. The highest BCUT2D eigenvalue weighted by molar-refractivity contribution is 7.92. The number of anilines is 3. The largest absolute Gasteiger partial charge is 0.468 e. The molecule has 2 N–H and O–H groups in total. The predicted octanol–water partition coefficient (Wildman–Crippen LogP) is 5.07. The zero-order valence-corrected chi connectivity index (χ0v) is 23.8. The summed E-state index contributed by atoms with van der Waals surface area (Å²) < 4.78 is 79.3. The molecule has 3 aromatic rings. The minimum Gasteiger partial charge on any atom is -0.468 e. The molecule has 1 aromatic heterocycles. The zero-order valence-electron chi connectivity index (χ0n) is 23.0. The van der Waals surface area contributed by atoms with Crippen LogP contribution in [0.1, 0.15) is 49.1 Å². The molecule has 0 saturated heterocycles. The summed E-state index contributed by atoms with van der Waals surface area (Å²) in [5.74, 6) is -2.35. The normalized spacial score (nSPS) is 15.2. The van der Waals surface area contributed by atoms with E-state index in [0.717, 1.165) is 23.0 Å². The lowest BCUT2D eigenvalue weighted by molar-refractivity contribution is -0.157. The average molecular weight is 594 g/mol. The molecule has 0 bridgehead atoms. The van der Waals surface area contributed by atoms with Crippen LogP contribution in [0.2, 0.25) is 0 Å². The van der Waals surface area contributed by atoms with Gasteiger partial charge in [-0.3, -0.25) is 9.10 Å². The highest BCUT2D eigenvalue weighted by atomic mass is 32.2. The summed E-state index contributed by atoms with van der Waals surface area (Å²) >= 11 is 0. The number of halogens is 3. The van der Waals surface area contributed by atoms with Gasteiger partial charge in [0.25, 0.3) is 10.0 Å². The number of hydrogen-bond acceptors (Lipinski definition) is 8. The molecule has 9 nitrogen and oxygen atoms in total. The Labute approximate surface area is 236 Å². The first-order valence-corrected chi connectivity index (χ1v) is 13.9. The molecule has 4 rings (SSSR count).